The number of nitrogens with zero attached hydrogens (tertiary/aromatic N) is 3. The number of fused-ring (bicyclic) bond motifs is 1. The molecule has 4 aliphatic rings. The molecule has 3 fully saturated rings. The van der Waals surface area contributed by atoms with Crippen LogP contribution in [-0.2, 0) is 16.1 Å². The molecule has 0 radical (unpaired) electrons. The van der Waals surface area contributed by atoms with Gasteiger partial charge in [-0.05, 0) is 92.0 Å². The molecule has 3 heterocycles. The lowest BCUT2D eigenvalue weighted by Gasteiger charge is -2.35. The van der Waals surface area contributed by atoms with E-state index in [0.29, 0.717) is 54.3 Å². The normalized spacial score (nSPS) is 24.1. The first-order valence-electron chi connectivity index (χ1n) is 14.1. The van der Waals surface area contributed by atoms with Crippen molar-refractivity contribution < 1.29 is 23.5 Å². The molecule has 1 unspecified atom stereocenters. The van der Waals surface area contributed by atoms with Crippen LogP contribution in [0.15, 0.2) is 42.6 Å². The van der Waals surface area contributed by atoms with Gasteiger partial charge in [0.1, 0.15) is 17.6 Å². The summed E-state index contributed by atoms with van der Waals surface area (Å²) in [5.41, 5.74) is 5.34. The third-order valence-corrected chi connectivity index (χ3v) is 8.76. The number of halogens is 1. The molecular formula is C31H31FN4O4. The molecule has 0 spiro atoms. The molecule has 1 saturated heterocycles. The Hall–Kier alpha value is -4.01. The fourth-order valence-electron chi connectivity index (χ4n) is 6.19. The van der Waals surface area contributed by atoms with Crippen LogP contribution in [-0.4, -0.2) is 45.1 Å². The van der Waals surface area contributed by atoms with Crippen molar-refractivity contribution in [3.05, 3.63) is 70.8 Å². The minimum absolute atomic E-state index is 0.183. The van der Waals surface area contributed by atoms with Crippen molar-refractivity contribution in [3.8, 4) is 16.9 Å². The Morgan fingerprint density at radius 1 is 1.05 bits per heavy atom. The molecule has 2 saturated carbocycles. The van der Waals surface area contributed by atoms with E-state index in [0.717, 1.165) is 48.1 Å². The van der Waals surface area contributed by atoms with Crippen molar-refractivity contribution in [3.63, 3.8) is 0 Å². The Labute approximate surface area is 231 Å². The van der Waals surface area contributed by atoms with Crippen molar-refractivity contribution in [1.82, 2.24) is 20.0 Å². The molecular weight excluding hydrogens is 511 g/mol. The number of nitrogens with one attached hydrogen (secondary N) is 1. The first-order chi connectivity index (χ1) is 19.3. The quantitative estimate of drug-likeness (QED) is 0.438. The second kappa shape index (κ2) is 9.57. The number of aromatic nitrogens is 2. The smallest absolute Gasteiger partial charge is 0.255 e. The predicted octanol–water partition coefficient (Wildman–Crippen LogP) is 4.67. The van der Waals surface area contributed by atoms with Crippen molar-refractivity contribution in [2.45, 2.75) is 70.0 Å². The van der Waals surface area contributed by atoms with E-state index in [1.165, 1.54) is 6.07 Å². The van der Waals surface area contributed by atoms with E-state index in [4.69, 9.17) is 9.84 Å². The standard InChI is InChI=1S/C31H31FN4O4/c1-17-10-20(4-7-26(17)32)25-15-36(34-29(25)19-2-3-19)22-11-18(12-22)16-40-23-5-6-24-21(13-23)14-35(31(24)39)27-8-9-28(37)33-30(27)38/h4-7,10,13,15,18-19,22,27H,2-3,8-9,11-12,14,16H2,1H3,(H,33,37,38). The fraction of sp³-hybridized carbons (Fsp3) is 0.419. The van der Waals surface area contributed by atoms with Crippen LogP contribution in [0.3, 0.4) is 0 Å². The Kier molecular flexibility index (Phi) is 5.98. The van der Waals surface area contributed by atoms with E-state index in [2.05, 4.69) is 16.2 Å². The fourth-order valence-corrected chi connectivity index (χ4v) is 6.19. The lowest BCUT2D eigenvalue weighted by Crippen LogP contribution is -2.52. The van der Waals surface area contributed by atoms with E-state index in [1.807, 2.05) is 24.3 Å². The molecule has 8 nitrogen and oxygen atoms in total. The van der Waals surface area contributed by atoms with Crippen molar-refractivity contribution >= 4 is 17.7 Å². The van der Waals surface area contributed by atoms with Gasteiger partial charge in [0.2, 0.25) is 11.8 Å². The zero-order valence-electron chi connectivity index (χ0n) is 22.4. The number of aryl methyl sites for hydroxylation is 1. The lowest BCUT2D eigenvalue weighted by atomic mass is 9.81. The van der Waals surface area contributed by atoms with Gasteiger partial charge >= 0.3 is 0 Å². The maximum absolute atomic E-state index is 13.8. The number of ether oxygens (including phenoxy) is 1. The Bertz CT molecular complexity index is 1540. The van der Waals surface area contributed by atoms with Gasteiger partial charge in [-0.1, -0.05) is 6.07 Å². The SMILES string of the molecule is Cc1cc(-c2cn(C3CC(COc4ccc5c(c4)CN(C4CCC(=O)NC4=O)C5=O)C3)nc2C2CC2)ccc1F. The Morgan fingerprint density at radius 2 is 1.88 bits per heavy atom. The highest BCUT2D eigenvalue weighted by Crippen LogP contribution is 2.46. The van der Waals surface area contributed by atoms with Gasteiger partial charge in [0.15, 0.2) is 0 Å². The van der Waals surface area contributed by atoms with Crippen LogP contribution < -0.4 is 10.1 Å². The first kappa shape index (κ1) is 25.0. The van der Waals surface area contributed by atoms with Crippen molar-refractivity contribution in [1.29, 1.82) is 0 Å². The zero-order chi connectivity index (χ0) is 27.5. The molecule has 206 valence electrons. The summed E-state index contributed by atoms with van der Waals surface area (Å²) in [6, 6.07) is 10.5. The summed E-state index contributed by atoms with van der Waals surface area (Å²) < 4.78 is 22.1. The van der Waals surface area contributed by atoms with E-state index < -0.39 is 11.9 Å². The highest BCUT2D eigenvalue weighted by atomic mass is 19.1. The van der Waals surface area contributed by atoms with Crippen LogP contribution in [0.1, 0.15) is 77.7 Å². The third kappa shape index (κ3) is 4.47. The summed E-state index contributed by atoms with van der Waals surface area (Å²) in [6.07, 6.45) is 6.97. The average molecular weight is 543 g/mol. The maximum atomic E-state index is 13.8. The molecule has 40 heavy (non-hydrogen) atoms. The molecule has 3 amide bonds. The summed E-state index contributed by atoms with van der Waals surface area (Å²) in [6.45, 7) is 2.71. The summed E-state index contributed by atoms with van der Waals surface area (Å²) in [5.74, 6) is 0.548. The summed E-state index contributed by atoms with van der Waals surface area (Å²) in [7, 11) is 0. The van der Waals surface area contributed by atoms with Gasteiger partial charge in [-0.3, -0.25) is 24.4 Å². The summed E-state index contributed by atoms with van der Waals surface area (Å²) in [5, 5.41) is 7.31. The Morgan fingerprint density at radius 3 is 2.62 bits per heavy atom. The van der Waals surface area contributed by atoms with Gasteiger partial charge in [0.05, 0.1) is 18.3 Å². The van der Waals surface area contributed by atoms with Gasteiger partial charge in [-0.2, -0.15) is 5.10 Å². The Balaban J connectivity index is 0.971. The minimum Gasteiger partial charge on any atom is -0.493 e. The van der Waals surface area contributed by atoms with Crippen LogP contribution in [0.4, 0.5) is 4.39 Å². The number of carbonyl (C=O) groups excluding carboxylic acids is 3. The number of piperidine rings is 1. The predicted molar refractivity (Wildman–Crippen MR) is 144 cm³/mol. The number of rotatable bonds is 7. The molecule has 1 aromatic heterocycles. The molecule has 3 aromatic rings. The number of benzene rings is 2. The van der Waals surface area contributed by atoms with Crippen LogP contribution >= 0.6 is 0 Å². The third-order valence-electron chi connectivity index (χ3n) is 8.76. The van der Waals surface area contributed by atoms with Crippen LogP contribution in [0, 0.1) is 18.7 Å². The van der Waals surface area contributed by atoms with E-state index in [-0.39, 0.29) is 24.1 Å². The molecule has 9 heteroatoms. The monoisotopic (exact) mass is 542 g/mol. The first-order valence-corrected chi connectivity index (χ1v) is 14.1. The number of hydrogen-bond donors (Lipinski definition) is 1. The average Bonchev–Trinajstić information content (AvgIpc) is 3.58. The van der Waals surface area contributed by atoms with Crippen LogP contribution in [0.5, 0.6) is 5.75 Å². The molecule has 2 aromatic carbocycles. The molecule has 2 aliphatic carbocycles. The van der Waals surface area contributed by atoms with E-state index in [9.17, 15) is 18.8 Å². The number of hydrogen-bond acceptors (Lipinski definition) is 5. The zero-order valence-corrected chi connectivity index (χ0v) is 22.4. The number of imide groups is 1. The van der Waals surface area contributed by atoms with Gasteiger partial charge < -0.3 is 9.64 Å². The minimum atomic E-state index is -0.621. The second-order valence-electron chi connectivity index (χ2n) is 11.7. The van der Waals surface area contributed by atoms with Crippen molar-refractivity contribution in [2.24, 2.45) is 5.92 Å². The lowest BCUT2D eigenvalue weighted by molar-refractivity contribution is -0.136. The molecule has 0 bridgehead atoms. The molecule has 2 aliphatic heterocycles. The van der Waals surface area contributed by atoms with E-state index >= 15 is 0 Å². The molecule has 7 rings (SSSR count). The van der Waals surface area contributed by atoms with Gasteiger partial charge in [-0.25, -0.2) is 4.39 Å². The topological polar surface area (TPSA) is 93.5 Å². The maximum Gasteiger partial charge on any atom is 0.255 e. The van der Waals surface area contributed by atoms with Crippen molar-refractivity contribution in [2.75, 3.05) is 6.61 Å². The van der Waals surface area contributed by atoms with Crippen LogP contribution in [0.25, 0.3) is 11.1 Å². The van der Waals surface area contributed by atoms with Crippen LogP contribution in [0.2, 0.25) is 0 Å². The number of amides is 3. The summed E-state index contributed by atoms with van der Waals surface area (Å²) in [4.78, 5) is 38.2. The highest BCUT2D eigenvalue weighted by Gasteiger charge is 2.39. The molecule has 1 atom stereocenters. The van der Waals surface area contributed by atoms with Gasteiger partial charge in [0.25, 0.3) is 5.91 Å². The number of carbonyl (C=O) groups is 3. The van der Waals surface area contributed by atoms with Gasteiger partial charge in [0, 0.05) is 36.2 Å². The molecule has 1 N–H and O–H groups in total. The highest BCUT2D eigenvalue weighted by molar-refractivity contribution is 6.05. The van der Waals surface area contributed by atoms with E-state index in [1.54, 1.807) is 17.9 Å². The largest absolute Gasteiger partial charge is 0.493 e. The van der Waals surface area contributed by atoms with Gasteiger partial charge in [-0.15, -0.1) is 0 Å². The second-order valence-corrected chi connectivity index (χ2v) is 11.7. The summed E-state index contributed by atoms with van der Waals surface area (Å²) >= 11 is 0.